The minimum absolute atomic E-state index is 0.223. The molecule has 1 saturated heterocycles. The van der Waals surface area contributed by atoms with Gasteiger partial charge in [0.2, 0.25) is 0 Å². The smallest absolute Gasteiger partial charge is 0.305 e. The highest BCUT2D eigenvalue weighted by atomic mass is 32.2. The second-order valence-electron chi connectivity index (χ2n) is 10.6. The second-order valence-corrected chi connectivity index (χ2v) is 12.1. The number of carbonyl (C=O) groups is 1. The normalized spacial score (nSPS) is 24.5. The monoisotopic (exact) mass is 584 g/mol. The fraction of sp³-hybridized carbons (Fsp3) is 0.963. The molecule has 39 heavy (non-hydrogen) atoms. The molecule has 0 aromatic heterocycles. The van der Waals surface area contributed by atoms with Crippen LogP contribution in [-0.2, 0) is 29.1 Å². The van der Waals surface area contributed by atoms with Crippen LogP contribution in [0.1, 0.15) is 110 Å². The number of rotatable bonds is 23. The number of carbonyl (C=O) groups excluding carboxylic acids is 1. The van der Waals surface area contributed by atoms with E-state index in [0.717, 1.165) is 19.3 Å². The average molecular weight is 585 g/mol. The lowest BCUT2D eigenvalue weighted by atomic mass is 10.00. The molecule has 12 heteroatoms. The minimum Gasteiger partial charge on any atom is -0.463 e. The highest BCUT2D eigenvalue weighted by molar-refractivity contribution is 7.85. The van der Waals surface area contributed by atoms with Crippen LogP contribution in [0.25, 0.3) is 0 Å². The molecule has 0 spiro atoms. The molecule has 1 heterocycles. The predicted octanol–water partition coefficient (Wildman–Crippen LogP) is 2.86. The lowest BCUT2D eigenvalue weighted by Gasteiger charge is -2.40. The third-order valence-electron chi connectivity index (χ3n) is 6.99. The van der Waals surface area contributed by atoms with E-state index < -0.39 is 65.3 Å². The summed E-state index contributed by atoms with van der Waals surface area (Å²) in [6.45, 7) is 1.28. The van der Waals surface area contributed by atoms with Gasteiger partial charge in [0.25, 0.3) is 10.1 Å². The summed E-state index contributed by atoms with van der Waals surface area (Å²) < 4.78 is 46.9. The van der Waals surface area contributed by atoms with Gasteiger partial charge >= 0.3 is 5.97 Å². The van der Waals surface area contributed by atoms with Crippen LogP contribution in [0.4, 0.5) is 0 Å². The summed E-state index contributed by atoms with van der Waals surface area (Å²) in [6.07, 6.45) is 8.87. The molecule has 11 nitrogen and oxygen atoms in total. The summed E-state index contributed by atoms with van der Waals surface area (Å²) in [5.41, 5.74) is 0. The van der Waals surface area contributed by atoms with E-state index in [0.29, 0.717) is 6.42 Å². The van der Waals surface area contributed by atoms with Crippen LogP contribution in [0.3, 0.4) is 0 Å². The van der Waals surface area contributed by atoms with Crippen molar-refractivity contribution >= 4 is 16.1 Å². The molecule has 1 fully saturated rings. The van der Waals surface area contributed by atoms with Crippen molar-refractivity contribution in [3.8, 4) is 0 Å². The van der Waals surface area contributed by atoms with E-state index in [4.69, 9.17) is 18.8 Å². The molecule has 1 rings (SSSR count). The van der Waals surface area contributed by atoms with Crippen molar-refractivity contribution in [3.63, 3.8) is 0 Å². The van der Waals surface area contributed by atoms with E-state index in [2.05, 4.69) is 6.92 Å². The fourth-order valence-corrected chi connectivity index (χ4v) is 5.29. The SMILES string of the molecule is CCCCCCCCCCCCCCCCCC(=O)OC[C@@H](CO)O[C@@H]1O[C@H](CS(=O)(=O)O)[C@@H](O)[C@H](O)[C@H]1O. The number of aliphatic hydroxyl groups is 4. The Morgan fingerprint density at radius 2 is 1.28 bits per heavy atom. The Bertz CT molecular complexity index is 733. The van der Waals surface area contributed by atoms with Crippen molar-refractivity contribution in [2.24, 2.45) is 0 Å². The molecule has 0 aromatic rings. The first kappa shape index (κ1) is 36.2. The average Bonchev–Trinajstić information content (AvgIpc) is 2.89. The van der Waals surface area contributed by atoms with Gasteiger partial charge in [-0.3, -0.25) is 9.35 Å². The van der Waals surface area contributed by atoms with Gasteiger partial charge in [0, 0.05) is 6.42 Å². The molecule has 1 aliphatic heterocycles. The predicted molar refractivity (Wildman–Crippen MR) is 146 cm³/mol. The van der Waals surface area contributed by atoms with Crippen LogP contribution in [0.5, 0.6) is 0 Å². The van der Waals surface area contributed by atoms with Crippen LogP contribution < -0.4 is 0 Å². The molecular formula is C27H52O11S. The number of esters is 1. The van der Waals surface area contributed by atoms with Crippen molar-refractivity contribution < 1.29 is 52.4 Å². The standard InChI is InChI=1S/C27H52O11S/c1-2-3-4-5-6-7-8-9-10-11-12-13-14-15-16-17-23(29)36-19-21(18-28)37-27-26(32)25(31)24(30)22(38-27)20-39(33,34)35/h21-22,24-28,30-32H,2-20H2,1H3,(H,33,34,35)/t21-,22-,24-,25+,26-,27-/m1/s1. The van der Waals surface area contributed by atoms with Crippen molar-refractivity contribution in [1.82, 2.24) is 0 Å². The van der Waals surface area contributed by atoms with Gasteiger partial charge in [0.1, 0.15) is 42.9 Å². The van der Waals surface area contributed by atoms with Crippen LogP contribution in [-0.4, -0.2) is 95.1 Å². The van der Waals surface area contributed by atoms with E-state index in [1.807, 2.05) is 0 Å². The molecule has 0 aromatic carbocycles. The Morgan fingerprint density at radius 3 is 1.74 bits per heavy atom. The number of hydrogen-bond acceptors (Lipinski definition) is 10. The molecule has 0 unspecified atom stereocenters. The maximum absolute atomic E-state index is 12.1. The molecule has 6 atom stereocenters. The van der Waals surface area contributed by atoms with Crippen molar-refractivity contribution in [3.05, 3.63) is 0 Å². The fourth-order valence-electron chi connectivity index (χ4n) is 4.60. The van der Waals surface area contributed by atoms with Gasteiger partial charge in [-0.15, -0.1) is 0 Å². The zero-order valence-corrected chi connectivity index (χ0v) is 24.3. The third kappa shape index (κ3) is 16.9. The molecule has 232 valence electrons. The Labute approximate surface area is 234 Å². The lowest BCUT2D eigenvalue weighted by molar-refractivity contribution is -0.307. The summed E-state index contributed by atoms with van der Waals surface area (Å²) in [4.78, 5) is 12.1. The quantitative estimate of drug-likeness (QED) is 0.0677. The molecule has 1 aliphatic rings. The number of aliphatic hydroxyl groups excluding tert-OH is 4. The second kappa shape index (κ2) is 20.9. The van der Waals surface area contributed by atoms with Crippen LogP contribution in [0.2, 0.25) is 0 Å². The van der Waals surface area contributed by atoms with Gasteiger partial charge in [0.05, 0.1) is 6.61 Å². The number of unbranched alkanes of at least 4 members (excludes halogenated alkanes) is 14. The van der Waals surface area contributed by atoms with E-state index >= 15 is 0 Å². The molecule has 0 radical (unpaired) electrons. The van der Waals surface area contributed by atoms with E-state index in [1.165, 1.54) is 70.6 Å². The van der Waals surface area contributed by atoms with E-state index in [1.54, 1.807) is 0 Å². The first-order chi connectivity index (χ1) is 18.6. The van der Waals surface area contributed by atoms with Crippen molar-refractivity contribution in [2.75, 3.05) is 19.0 Å². The largest absolute Gasteiger partial charge is 0.463 e. The molecule has 0 saturated carbocycles. The summed E-state index contributed by atoms with van der Waals surface area (Å²) >= 11 is 0. The van der Waals surface area contributed by atoms with Gasteiger partial charge in [-0.05, 0) is 6.42 Å². The first-order valence-corrected chi connectivity index (χ1v) is 16.3. The van der Waals surface area contributed by atoms with Crippen LogP contribution in [0.15, 0.2) is 0 Å². The topological polar surface area (TPSA) is 180 Å². The van der Waals surface area contributed by atoms with Crippen molar-refractivity contribution in [2.45, 2.75) is 146 Å². The zero-order chi connectivity index (χ0) is 29.1. The highest BCUT2D eigenvalue weighted by Crippen LogP contribution is 2.24. The summed E-state index contributed by atoms with van der Waals surface area (Å²) in [5.74, 6) is -1.49. The van der Waals surface area contributed by atoms with E-state index in [-0.39, 0.29) is 13.0 Å². The van der Waals surface area contributed by atoms with Gasteiger partial charge in [-0.1, -0.05) is 96.8 Å². The van der Waals surface area contributed by atoms with Crippen LogP contribution in [0, 0.1) is 0 Å². The van der Waals surface area contributed by atoms with Gasteiger partial charge < -0.3 is 34.6 Å². The van der Waals surface area contributed by atoms with Gasteiger partial charge in [0.15, 0.2) is 6.29 Å². The molecule has 0 aliphatic carbocycles. The van der Waals surface area contributed by atoms with E-state index in [9.17, 15) is 33.6 Å². The summed E-state index contributed by atoms with van der Waals surface area (Å²) in [5, 5.41) is 39.5. The number of hydrogen-bond donors (Lipinski definition) is 5. The third-order valence-corrected chi connectivity index (χ3v) is 7.74. The maximum Gasteiger partial charge on any atom is 0.305 e. The minimum atomic E-state index is -4.55. The Kier molecular flexibility index (Phi) is 19.4. The Balaban J connectivity index is 2.14. The Hall–Kier alpha value is -0.860. The van der Waals surface area contributed by atoms with Gasteiger partial charge in [-0.25, -0.2) is 0 Å². The lowest BCUT2D eigenvalue weighted by Crippen LogP contribution is -2.60. The molecule has 0 amide bonds. The first-order valence-electron chi connectivity index (χ1n) is 14.7. The molecule has 5 N–H and O–H groups in total. The molecular weight excluding hydrogens is 532 g/mol. The zero-order valence-electron chi connectivity index (χ0n) is 23.5. The van der Waals surface area contributed by atoms with Gasteiger partial charge in [-0.2, -0.15) is 8.42 Å². The molecule has 0 bridgehead atoms. The summed E-state index contributed by atoms with van der Waals surface area (Å²) in [7, 11) is -4.55. The summed E-state index contributed by atoms with van der Waals surface area (Å²) in [6, 6.07) is 0. The number of ether oxygens (including phenoxy) is 3. The highest BCUT2D eigenvalue weighted by Gasteiger charge is 2.46. The maximum atomic E-state index is 12.1. The Morgan fingerprint density at radius 1 is 0.795 bits per heavy atom. The van der Waals surface area contributed by atoms with Crippen LogP contribution >= 0.6 is 0 Å². The van der Waals surface area contributed by atoms with Crippen molar-refractivity contribution in [1.29, 1.82) is 0 Å².